The fourth-order valence-electron chi connectivity index (χ4n) is 2.44. The Labute approximate surface area is 128 Å². The molecule has 3 rings (SSSR count). The number of imidazole rings is 1. The highest BCUT2D eigenvalue weighted by Crippen LogP contribution is 2.20. The maximum atomic E-state index is 11.9. The molecule has 0 saturated heterocycles. The van der Waals surface area contributed by atoms with Gasteiger partial charge in [-0.25, -0.2) is 4.79 Å². The summed E-state index contributed by atoms with van der Waals surface area (Å²) >= 11 is 0. The largest absolute Gasteiger partial charge is 0.497 e. The molecule has 0 radical (unpaired) electrons. The first-order valence-corrected chi connectivity index (χ1v) is 6.94. The number of rotatable bonds is 3. The van der Waals surface area contributed by atoms with Gasteiger partial charge in [-0.1, -0.05) is 12.1 Å². The predicted molar refractivity (Wildman–Crippen MR) is 88.4 cm³/mol. The van der Waals surface area contributed by atoms with Gasteiger partial charge in [0.2, 0.25) is 0 Å². The zero-order valence-electron chi connectivity index (χ0n) is 12.8. The van der Waals surface area contributed by atoms with Crippen molar-refractivity contribution in [3.8, 4) is 5.75 Å². The minimum Gasteiger partial charge on any atom is -0.497 e. The van der Waals surface area contributed by atoms with Gasteiger partial charge in [0.25, 0.3) is 0 Å². The molecule has 0 aliphatic heterocycles. The predicted octanol–water partition coefficient (Wildman–Crippen LogP) is 2.64. The SMILES string of the molecule is COc1cccc(N=Cc2ccc3c(c2)n(C)c(=O)n3C)c1. The molecule has 0 spiro atoms. The second-order valence-corrected chi connectivity index (χ2v) is 5.11. The smallest absolute Gasteiger partial charge is 0.328 e. The number of nitrogens with zero attached hydrogens (tertiary/aromatic N) is 3. The van der Waals surface area contributed by atoms with Crippen LogP contribution in [0, 0.1) is 0 Å². The average Bonchev–Trinajstić information content (AvgIpc) is 2.77. The molecule has 2 aromatic carbocycles. The minimum absolute atomic E-state index is 0.0307. The lowest BCUT2D eigenvalue weighted by Crippen LogP contribution is -2.19. The quantitative estimate of drug-likeness (QED) is 0.697. The van der Waals surface area contributed by atoms with E-state index in [0.29, 0.717) is 0 Å². The molecule has 1 heterocycles. The Kier molecular flexibility index (Phi) is 3.55. The molecule has 0 unspecified atom stereocenters. The van der Waals surface area contributed by atoms with Crippen LogP contribution in [-0.2, 0) is 14.1 Å². The lowest BCUT2D eigenvalue weighted by atomic mass is 10.2. The number of methoxy groups -OCH3 is 1. The molecule has 0 amide bonds. The van der Waals surface area contributed by atoms with Gasteiger partial charge >= 0.3 is 5.69 Å². The van der Waals surface area contributed by atoms with E-state index in [4.69, 9.17) is 4.74 Å². The molecular formula is C17H17N3O2. The van der Waals surface area contributed by atoms with Crippen LogP contribution in [0.3, 0.4) is 0 Å². The fraction of sp³-hybridized carbons (Fsp3) is 0.176. The molecule has 5 nitrogen and oxygen atoms in total. The van der Waals surface area contributed by atoms with E-state index in [2.05, 4.69) is 4.99 Å². The number of hydrogen-bond acceptors (Lipinski definition) is 3. The Morgan fingerprint density at radius 3 is 2.59 bits per heavy atom. The molecule has 0 bridgehead atoms. The van der Waals surface area contributed by atoms with Crippen molar-refractivity contribution in [2.75, 3.05) is 7.11 Å². The van der Waals surface area contributed by atoms with Crippen LogP contribution in [0.15, 0.2) is 52.3 Å². The second kappa shape index (κ2) is 5.52. The average molecular weight is 295 g/mol. The lowest BCUT2D eigenvalue weighted by Gasteiger charge is -2.00. The van der Waals surface area contributed by atoms with Gasteiger partial charge in [0, 0.05) is 26.4 Å². The number of aryl methyl sites for hydroxylation is 2. The van der Waals surface area contributed by atoms with Crippen LogP contribution in [0.1, 0.15) is 5.56 Å². The molecule has 0 atom stereocenters. The van der Waals surface area contributed by atoms with Crippen molar-refractivity contribution < 1.29 is 4.74 Å². The highest BCUT2D eigenvalue weighted by molar-refractivity contribution is 5.88. The van der Waals surface area contributed by atoms with Crippen molar-refractivity contribution in [1.29, 1.82) is 0 Å². The molecule has 0 aliphatic rings. The van der Waals surface area contributed by atoms with Crippen LogP contribution in [0.25, 0.3) is 11.0 Å². The summed E-state index contributed by atoms with van der Waals surface area (Å²) in [6, 6.07) is 13.4. The summed E-state index contributed by atoms with van der Waals surface area (Å²) in [4.78, 5) is 16.4. The topological polar surface area (TPSA) is 48.5 Å². The summed E-state index contributed by atoms with van der Waals surface area (Å²) in [5, 5.41) is 0. The Morgan fingerprint density at radius 1 is 1.05 bits per heavy atom. The molecule has 3 aromatic rings. The normalized spacial score (nSPS) is 11.4. The third-order valence-corrected chi connectivity index (χ3v) is 3.71. The van der Waals surface area contributed by atoms with Crippen molar-refractivity contribution in [1.82, 2.24) is 9.13 Å². The van der Waals surface area contributed by atoms with E-state index >= 15 is 0 Å². The number of ether oxygens (including phenoxy) is 1. The van der Waals surface area contributed by atoms with Gasteiger partial charge in [-0.15, -0.1) is 0 Å². The van der Waals surface area contributed by atoms with E-state index in [0.717, 1.165) is 28.0 Å². The van der Waals surface area contributed by atoms with Crippen LogP contribution < -0.4 is 10.4 Å². The summed E-state index contributed by atoms with van der Waals surface area (Å²) in [7, 11) is 5.18. The lowest BCUT2D eigenvalue weighted by molar-refractivity contribution is 0.415. The van der Waals surface area contributed by atoms with Crippen molar-refractivity contribution in [3.05, 3.63) is 58.5 Å². The Hall–Kier alpha value is -2.82. The minimum atomic E-state index is -0.0307. The van der Waals surface area contributed by atoms with Gasteiger partial charge in [0.05, 0.1) is 23.8 Å². The third-order valence-electron chi connectivity index (χ3n) is 3.71. The molecule has 22 heavy (non-hydrogen) atoms. The third kappa shape index (κ3) is 2.41. The fourth-order valence-corrected chi connectivity index (χ4v) is 2.44. The Bertz CT molecular complexity index is 919. The number of aromatic nitrogens is 2. The molecule has 0 saturated carbocycles. The first kappa shape index (κ1) is 14.1. The summed E-state index contributed by atoms with van der Waals surface area (Å²) in [5.74, 6) is 0.774. The van der Waals surface area contributed by atoms with Gasteiger partial charge in [0.1, 0.15) is 5.75 Å². The molecule has 5 heteroatoms. The number of aliphatic imine (C=N–C) groups is 1. The summed E-state index contributed by atoms with van der Waals surface area (Å²) in [6.07, 6.45) is 1.78. The van der Waals surface area contributed by atoms with Crippen LogP contribution >= 0.6 is 0 Å². The number of fused-ring (bicyclic) bond motifs is 1. The van der Waals surface area contributed by atoms with Crippen molar-refractivity contribution in [3.63, 3.8) is 0 Å². The number of benzene rings is 2. The molecule has 1 aromatic heterocycles. The highest BCUT2D eigenvalue weighted by Gasteiger charge is 2.07. The van der Waals surface area contributed by atoms with Gasteiger partial charge < -0.3 is 4.74 Å². The summed E-state index contributed by atoms with van der Waals surface area (Å²) in [5.41, 5.74) is 3.53. The van der Waals surface area contributed by atoms with Gasteiger partial charge in [-0.2, -0.15) is 0 Å². The van der Waals surface area contributed by atoms with Crippen LogP contribution in [0.2, 0.25) is 0 Å². The van der Waals surface area contributed by atoms with Gasteiger partial charge in [0.15, 0.2) is 0 Å². The Balaban J connectivity index is 1.98. The van der Waals surface area contributed by atoms with E-state index in [9.17, 15) is 4.79 Å². The van der Waals surface area contributed by atoms with Crippen LogP contribution in [0.4, 0.5) is 5.69 Å². The standard InChI is InChI=1S/C17H17N3O2/c1-19-15-8-7-12(9-16(15)20(2)17(19)21)11-18-13-5-4-6-14(10-13)22-3/h4-11H,1-3H3. The molecule has 0 aliphatic carbocycles. The van der Waals surface area contributed by atoms with E-state index in [-0.39, 0.29) is 5.69 Å². The molecule has 0 N–H and O–H groups in total. The monoisotopic (exact) mass is 295 g/mol. The van der Waals surface area contributed by atoms with Crippen molar-refractivity contribution in [2.24, 2.45) is 19.1 Å². The number of hydrogen-bond donors (Lipinski definition) is 0. The van der Waals surface area contributed by atoms with E-state index < -0.39 is 0 Å². The summed E-state index contributed by atoms with van der Waals surface area (Å²) in [6.45, 7) is 0. The van der Waals surface area contributed by atoms with Crippen molar-refractivity contribution >= 4 is 22.9 Å². The Morgan fingerprint density at radius 2 is 1.82 bits per heavy atom. The summed E-state index contributed by atoms with van der Waals surface area (Å²) < 4.78 is 8.46. The highest BCUT2D eigenvalue weighted by atomic mass is 16.5. The first-order chi connectivity index (χ1) is 10.6. The van der Waals surface area contributed by atoms with E-state index in [1.165, 1.54) is 0 Å². The van der Waals surface area contributed by atoms with Gasteiger partial charge in [-0.3, -0.25) is 14.1 Å². The second-order valence-electron chi connectivity index (χ2n) is 5.11. The van der Waals surface area contributed by atoms with E-state index in [1.54, 1.807) is 36.6 Å². The molecule has 112 valence electrons. The van der Waals surface area contributed by atoms with Gasteiger partial charge in [-0.05, 0) is 29.8 Å². The maximum absolute atomic E-state index is 11.9. The van der Waals surface area contributed by atoms with Crippen LogP contribution in [0.5, 0.6) is 5.75 Å². The molecular weight excluding hydrogens is 278 g/mol. The zero-order chi connectivity index (χ0) is 15.7. The zero-order valence-corrected chi connectivity index (χ0v) is 12.8. The van der Waals surface area contributed by atoms with E-state index in [1.807, 2.05) is 42.5 Å². The first-order valence-electron chi connectivity index (χ1n) is 6.94. The van der Waals surface area contributed by atoms with Crippen LogP contribution in [-0.4, -0.2) is 22.5 Å². The molecule has 0 fully saturated rings. The van der Waals surface area contributed by atoms with Crippen molar-refractivity contribution in [2.45, 2.75) is 0 Å². The maximum Gasteiger partial charge on any atom is 0.328 e.